The molecule has 116 valence electrons. The van der Waals surface area contributed by atoms with Gasteiger partial charge < -0.3 is 0 Å². The van der Waals surface area contributed by atoms with Crippen LogP contribution in [0.15, 0.2) is 12.1 Å². The molecule has 1 aliphatic rings. The standard InChI is InChI=1S/C18H28N2O/c1-3-5-7-12-18(13-8-6-9-14-18)17-11-10-15(19-20-17)16(21)4-2/h10-11H,3-9,12-14H2,1-2H3. The number of carbonyl (C=O) groups is 1. The average Bonchev–Trinajstić information content (AvgIpc) is 2.55. The van der Waals surface area contributed by atoms with Crippen LogP contribution >= 0.6 is 0 Å². The molecule has 0 radical (unpaired) electrons. The molecular formula is C18H28N2O. The number of aromatic nitrogens is 2. The first-order valence-electron chi connectivity index (χ1n) is 8.59. The first kappa shape index (κ1) is 16.1. The third-order valence-corrected chi connectivity index (χ3v) is 4.88. The van der Waals surface area contributed by atoms with Gasteiger partial charge in [0.05, 0.1) is 5.69 Å². The van der Waals surface area contributed by atoms with Crippen LogP contribution < -0.4 is 0 Å². The largest absolute Gasteiger partial charge is 0.292 e. The zero-order chi connectivity index (χ0) is 15.1. The summed E-state index contributed by atoms with van der Waals surface area (Å²) in [5, 5.41) is 8.65. The molecule has 0 bridgehead atoms. The van der Waals surface area contributed by atoms with Crippen LogP contribution in [0.1, 0.15) is 94.2 Å². The number of nitrogens with zero attached hydrogens (tertiary/aromatic N) is 2. The second-order valence-electron chi connectivity index (χ2n) is 6.38. The zero-order valence-electron chi connectivity index (χ0n) is 13.5. The molecule has 1 heterocycles. The zero-order valence-corrected chi connectivity index (χ0v) is 13.5. The van der Waals surface area contributed by atoms with Gasteiger partial charge in [-0.25, -0.2) is 0 Å². The Hall–Kier alpha value is -1.25. The van der Waals surface area contributed by atoms with Gasteiger partial charge in [0.15, 0.2) is 5.78 Å². The van der Waals surface area contributed by atoms with Gasteiger partial charge in [0.1, 0.15) is 5.69 Å². The van der Waals surface area contributed by atoms with Crippen LogP contribution in [0.4, 0.5) is 0 Å². The molecule has 0 unspecified atom stereocenters. The maximum absolute atomic E-state index is 11.7. The molecule has 0 aromatic carbocycles. The molecule has 1 aliphatic carbocycles. The van der Waals surface area contributed by atoms with E-state index in [1.165, 1.54) is 57.8 Å². The number of rotatable bonds is 7. The Labute approximate surface area is 128 Å². The molecule has 21 heavy (non-hydrogen) atoms. The Kier molecular flexibility index (Phi) is 5.89. The van der Waals surface area contributed by atoms with E-state index in [1.807, 2.05) is 13.0 Å². The number of carbonyl (C=O) groups excluding carboxylic acids is 1. The normalized spacial score (nSPS) is 17.6. The molecule has 2 rings (SSSR count). The minimum Gasteiger partial charge on any atom is -0.292 e. The molecule has 1 fully saturated rings. The Morgan fingerprint density at radius 1 is 1.10 bits per heavy atom. The van der Waals surface area contributed by atoms with Crippen molar-refractivity contribution in [2.45, 2.75) is 83.5 Å². The summed E-state index contributed by atoms with van der Waals surface area (Å²) < 4.78 is 0. The number of hydrogen-bond donors (Lipinski definition) is 0. The van der Waals surface area contributed by atoms with E-state index in [9.17, 15) is 4.79 Å². The van der Waals surface area contributed by atoms with E-state index in [4.69, 9.17) is 0 Å². The van der Waals surface area contributed by atoms with Gasteiger partial charge in [0.25, 0.3) is 0 Å². The monoisotopic (exact) mass is 288 g/mol. The Morgan fingerprint density at radius 3 is 2.43 bits per heavy atom. The Morgan fingerprint density at radius 2 is 1.86 bits per heavy atom. The maximum atomic E-state index is 11.7. The Bertz CT molecular complexity index is 447. The van der Waals surface area contributed by atoms with Gasteiger partial charge >= 0.3 is 0 Å². The van der Waals surface area contributed by atoms with E-state index in [2.05, 4.69) is 23.2 Å². The number of hydrogen-bond acceptors (Lipinski definition) is 3. The first-order chi connectivity index (χ1) is 10.2. The van der Waals surface area contributed by atoms with E-state index in [1.54, 1.807) is 0 Å². The highest BCUT2D eigenvalue weighted by molar-refractivity contribution is 5.93. The summed E-state index contributed by atoms with van der Waals surface area (Å²) in [6.45, 7) is 4.11. The molecule has 0 aliphatic heterocycles. The van der Waals surface area contributed by atoms with Gasteiger partial charge in [0, 0.05) is 11.8 Å². The van der Waals surface area contributed by atoms with Crippen molar-refractivity contribution < 1.29 is 4.79 Å². The van der Waals surface area contributed by atoms with Crippen molar-refractivity contribution in [2.24, 2.45) is 0 Å². The summed E-state index contributed by atoms with van der Waals surface area (Å²) in [4.78, 5) is 11.7. The molecule has 0 atom stereocenters. The molecule has 0 amide bonds. The molecule has 3 nitrogen and oxygen atoms in total. The fraction of sp³-hybridized carbons (Fsp3) is 0.722. The minimum absolute atomic E-state index is 0.0812. The molecule has 1 aromatic heterocycles. The van der Waals surface area contributed by atoms with Gasteiger partial charge in [-0.2, -0.15) is 5.10 Å². The van der Waals surface area contributed by atoms with Crippen molar-refractivity contribution in [3.8, 4) is 0 Å². The lowest BCUT2D eigenvalue weighted by Gasteiger charge is -2.36. The van der Waals surface area contributed by atoms with Gasteiger partial charge in [-0.1, -0.05) is 52.4 Å². The molecule has 0 N–H and O–H groups in total. The second kappa shape index (κ2) is 7.67. The molecule has 0 saturated heterocycles. The molecule has 3 heteroatoms. The fourth-order valence-corrected chi connectivity index (χ4v) is 3.52. The molecule has 1 aromatic rings. The minimum atomic E-state index is 0.0812. The van der Waals surface area contributed by atoms with Crippen molar-refractivity contribution in [2.75, 3.05) is 0 Å². The van der Waals surface area contributed by atoms with E-state index in [0.717, 1.165) is 5.69 Å². The van der Waals surface area contributed by atoms with Crippen molar-refractivity contribution in [3.63, 3.8) is 0 Å². The first-order valence-corrected chi connectivity index (χ1v) is 8.59. The molecule has 1 saturated carbocycles. The van der Waals surface area contributed by atoms with Crippen LogP contribution in [0, 0.1) is 0 Å². The lowest BCUT2D eigenvalue weighted by atomic mass is 9.68. The fourth-order valence-electron chi connectivity index (χ4n) is 3.52. The van der Waals surface area contributed by atoms with Crippen LogP contribution in [-0.4, -0.2) is 16.0 Å². The van der Waals surface area contributed by atoms with Crippen molar-refractivity contribution >= 4 is 5.78 Å². The van der Waals surface area contributed by atoms with E-state index >= 15 is 0 Å². The molecule has 0 spiro atoms. The van der Waals surface area contributed by atoms with Gasteiger partial charge in [-0.3, -0.25) is 4.79 Å². The van der Waals surface area contributed by atoms with Crippen molar-refractivity contribution in [1.29, 1.82) is 0 Å². The Balaban J connectivity index is 2.17. The maximum Gasteiger partial charge on any atom is 0.182 e. The quantitative estimate of drug-likeness (QED) is 0.532. The predicted octanol–water partition coefficient (Wildman–Crippen LogP) is 4.85. The lowest BCUT2D eigenvalue weighted by Crippen LogP contribution is -2.30. The number of ketones is 1. The second-order valence-corrected chi connectivity index (χ2v) is 6.38. The highest BCUT2D eigenvalue weighted by Gasteiger charge is 2.35. The summed E-state index contributed by atoms with van der Waals surface area (Å²) >= 11 is 0. The third-order valence-electron chi connectivity index (χ3n) is 4.88. The highest BCUT2D eigenvalue weighted by Crippen LogP contribution is 2.42. The smallest absolute Gasteiger partial charge is 0.182 e. The van der Waals surface area contributed by atoms with Gasteiger partial charge in [-0.15, -0.1) is 5.10 Å². The lowest BCUT2D eigenvalue weighted by molar-refractivity contribution is 0.0982. The summed E-state index contributed by atoms with van der Waals surface area (Å²) in [7, 11) is 0. The van der Waals surface area contributed by atoms with E-state index < -0.39 is 0 Å². The topological polar surface area (TPSA) is 42.9 Å². The SMILES string of the molecule is CCCCCC1(c2ccc(C(=O)CC)nn2)CCCCC1. The summed E-state index contributed by atoms with van der Waals surface area (Å²) in [6, 6.07) is 3.94. The van der Waals surface area contributed by atoms with Crippen molar-refractivity contribution in [1.82, 2.24) is 10.2 Å². The number of Topliss-reactive ketones (excluding diaryl/α,β-unsaturated/α-hetero) is 1. The van der Waals surface area contributed by atoms with Gasteiger partial charge in [0.2, 0.25) is 0 Å². The van der Waals surface area contributed by atoms with Crippen LogP contribution in [0.25, 0.3) is 0 Å². The number of unbranched alkanes of at least 4 members (excludes halogenated alkanes) is 2. The van der Waals surface area contributed by atoms with E-state index in [0.29, 0.717) is 12.1 Å². The van der Waals surface area contributed by atoms with Crippen LogP contribution in [0.3, 0.4) is 0 Å². The van der Waals surface area contributed by atoms with Crippen LogP contribution in [0.5, 0.6) is 0 Å². The predicted molar refractivity (Wildman–Crippen MR) is 85.6 cm³/mol. The van der Waals surface area contributed by atoms with Gasteiger partial charge in [-0.05, 0) is 31.4 Å². The van der Waals surface area contributed by atoms with Crippen molar-refractivity contribution in [3.05, 3.63) is 23.5 Å². The third kappa shape index (κ3) is 3.90. The highest BCUT2D eigenvalue weighted by atomic mass is 16.1. The summed E-state index contributed by atoms with van der Waals surface area (Å²) in [6.07, 6.45) is 11.9. The van der Waals surface area contributed by atoms with Crippen LogP contribution in [0.2, 0.25) is 0 Å². The average molecular weight is 288 g/mol. The summed E-state index contributed by atoms with van der Waals surface area (Å²) in [5.41, 5.74) is 1.85. The summed E-state index contributed by atoms with van der Waals surface area (Å²) in [5.74, 6) is 0.0812. The van der Waals surface area contributed by atoms with E-state index in [-0.39, 0.29) is 11.2 Å². The molecular weight excluding hydrogens is 260 g/mol. The van der Waals surface area contributed by atoms with Crippen LogP contribution in [-0.2, 0) is 5.41 Å².